The van der Waals surface area contributed by atoms with Gasteiger partial charge in [-0.2, -0.15) is 15.0 Å². The van der Waals surface area contributed by atoms with Crippen LogP contribution in [0, 0.1) is 0 Å². The number of aromatic nitrogens is 3. The SMILES string of the molecule is COc1cccc(CNc2nc(NC3Cc4ccccc4C3)nc(N3CCOCC3)n2)c1. The fourth-order valence-corrected chi connectivity index (χ4v) is 4.22. The Morgan fingerprint density at radius 3 is 2.47 bits per heavy atom. The first-order chi connectivity index (χ1) is 15.8. The third-order valence-electron chi connectivity index (χ3n) is 5.89. The van der Waals surface area contributed by atoms with Crippen LogP contribution < -0.4 is 20.3 Å². The van der Waals surface area contributed by atoms with Crippen LogP contribution in [0.25, 0.3) is 0 Å². The number of anilines is 3. The van der Waals surface area contributed by atoms with Gasteiger partial charge in [-0.3, -0.25) is 0 Å². The van der Waals surface area contributed by atoms with Gasteiger partial charge in [0.25, 0.3) is 0 Å². The maximum absolute atomic E-state index is 5.50. The van der Waals surface area contributed by atoms with Crippen molar-refractivity contribution in [1.29, 1.82) is 0 Å². The Morgan fingerprint density at radius 2 is 1.72 bits per heavy atom. The van der Waals surface area contributed by atoms with E-state index < -0.39 is 0 Å². The fourth-order valence-electron chi connectivity index (χ4n) is 4.22. The van der Waals surface area contributed by atoms with E-state index in [1.807, 2.05) is 18.2 Å². The van der Waals surface area contributed by atoms with Crippen LogP contribution in [-0.4, -0.2) is 54.4 Å². The van der Waals surface area contributed by atoms with Crippen molar-refractivity contribution in [2.75, 3.05) is 48.9 Å². The van der Waals surface area contributed by atoms with E-state index in [2.05, 4.69) is 50.8 Å². The number of benzene rings is 2. The standard InChI is InChI=1S/C24H28N6O2/c1-31-21-8-4-5-17(13-21)16-25-22-27-23(29-24(28-22)30-9-11-32-12-10-30)26-20-14-18-6-2-3-7-19(18)15-20/h2-8,13,20H,9-12,14-16H2,1H3,(H2,25,26,27,28,29). The predicted octanol–water partition coefficient (Wildman–Crippen LogP) is 2.91. The molecular formula is C24H28N6O2. The number of fused-ring (bicyclic) bond motifs is 1. The number of rotatable bonds is 7. The lowest BCUT2D eigenvalue weighted by molar-refractivity contribution is 0.122. The van der Waals surface area contributed by atoms with E-state index in [4.69, 9.17) is 19.4 Å². The molecule has 3 aromatic rings. The van der Waals surface area contributed by atoms with Crippen molar-refractivity contribution in [1.82, 2.24) is 15.0 Å². The Morgan fingerprint density at radius 1 is 0.969 bits per heavy atom. The molecule has 166 valence electrons. The molecule has 2 aromatic carbocycles. The van der Waals surface area contributed by atoms with Gasteiger partial charge in [-0.25, -0.2) is 0 Å². The molecule has 0 amide bonds. The van der Waals surface area contributed by atoms with Crippen LogP contribution in [0.15, 0.2) is 48.5 Å². The summed E-state index contributed by atoms with van der Waals surface area (Å²) < 4.78 is 10.8. The van der Waals surface area contributed by atoms with Gasteiger partial charge in [0.05, 0.1) is 20.3 Å². The summed E-state index contributed by atoms with van der Waals surface area (Å²) >= 11 is 0. The molecular weight excluding hydrogens is 404 g/mol. The zero-order chi connectivity index (χ0) is 21.8. The van der Waals surface area contributed by atoms with Crippen molar-refractivity contribution < 1.29 is 9.47 Å². The van der Waals surface area contributed by atoms with Crippen molar-refractivity contribution >= 4 is 17.8 Å². The highest BCUT2D eigenvalue weighted by Gasteiger charge is 2.23. The Bertz CT molecular complexity index is 1040. The van der Waals surface area contributed by atoms with Crippen molar-refractivity contribution in [2.24, 2.45) is 0 Å². The van der Waals surface area contributed by atoms with Gasteiger partial charge in [0, 0.05) is 25.7 Å². The molecule has 1 fully saturated rings. The summed E-state index contributed by atoms with van der Waals surface area (Å²) in [4.78, 5) is 16.3. The number of morpholine rings is 1. The van der Waals surface area contributed by atoms with Crippen LogP contribution in [0.4, 0.5) is 17.8 Å². The van der Waals surface area contributed by atoms with Crippen LogP contribution in [0.2, 0.25) is 0 Å². The topological polar surface area (TPSA) is 84.4 Å². The zero-order valence-corrected chi connectivity index (χ0v) is 18.3. The van der Waals surface area contributed by atoms with Crippen molar-refractivity contribution in [3.05, 3.63) is 65.2 Å². The van der Waals surface area contributed by atoms with E-state index >= 15 is 0 Å². The molecule has 32 heavy (non-hydrogen) atoms. The Kier molecular flexibility index (Phi) is 6.02. The molecule has 1 aliphatic carbocycles. The summed E-state index contributed by atoms with van der Waals surface area (Å²) in [6, 6.07) is 16.8. The first kappa shape index (κ1) is 20.5. The number of methoxy groups -OCH3 is 1. The van der Waals surface area contributed by atoms with Crippen LogP contribution in [0.1, 0.15) is 16.7 Å². The van der Waals surface area contributed by atoms with Gasteiger partial charge < -0.3 is 25.0 Å². The predicted molar refractivity (Wildman–Crippen MR) is 124 cm³/mol. The number of nitrogens with zero attached hydrogens (tertiary/aromatic N) is 4. The number of ether oxygens (including phenoxy) is 2. The number of hydrogen-bond acceptors (Lipinski definition) is 8. The zero-order valence-electron chi connectivity index (χ0n) is 18.3. The molecule has 0 unspecified atom stereocenters. The molecule has 8 heteroatoms. The van der Waals surface area contributed by atoms with Crippen molar-refractivity contribution in [3.63, 3.8) is 0 Å². The van der Waals surface area contributed by atoms with Gasteiger partial charge in [0.15, 0.2) is 0 Å². The molecule has 2 N–H and O–H groups in total. The molecule has 1 aromatic heterocycles. The van der Waals surface area contributed by atoms with E-state index in [0.717, 1.165) is 37.2 Å². The molecule has 0 radical (unpaired) electrons. The monoisotopic (exact) mass is 432 g/mol. The van der Waals surface area contributed by atoms with E-state index in [9.17, 15) is 0 Å². The highest BCUT2D eigenvalue weighted by Crippen LogP contribution is 2.25. The fraction of sp³-hybridized carbons (Fsp3) is 0.375. The Balaban J connectivity index is 1.34. The van der Waals surface area contributed by atoms with Gasteiger partial charge in [-0.05, 0) is 41.7 Å². The highest BCUT2D eigenvalue weighted by atomic mass is 16.5. The van der Waals surface area contributed by atoms with Gasteiger partial charge in [-0.1, -0.05) is 36.4 Å². The summed E-state index contributed by atoms with van der Waals surface area (Å²) in [5.41, 5.74) is 3.88. The summed E-state index contributed by atoms with van der Waals surface area (Å²) in [5, 5.41) is 6.90. The highest BCUT2D eigenvalue weighted by molar-refractivity contribution is 5.46. The third-order valence-corrected chi connectivity index (χ3v) is 5.89. The van der Waals surface area contributed by atoms with E-state index in [-0.39, 0.29) is 6.04 Å². The lowest BCUT2D eigenvalue weighted by atomic mass is 10.1. The smallest absolute Gasteiger partial charge is 0.232 e. The van der Waals surface area contributed by atoms with Gasteiger partial charge in [-0.15, -0.1) is 0 Å². The van der Waals surface area contributed by atoms with Gasteiger partial charge in [0.2, 0.25) is 17.8 Å². The molecule has 2 heterocycles. The second-order valence-corrected chi connectivity index (χ2v) is 8.11. The van der Waals surface area contributed by atoms with Gasteiger partial charge >= 0.3 is 0 Å². The van der Waals surface area contributed by atoms with E-state index in [1.54, 1.807) is 7.11 Å². The van der Waals surface area contributed by atoms with Crippen molar-refractivity contribution in [2.45, 2.75) is 25.4 Å². The summed E-state index contributed by atoms with van der Waals surface area (Å²) in [6.45, 7) is 3.50. The Hall–Kier alpha value is -3.39. The molecule has 1 aliphatic heterocycles. The molecule has 0 saturated carbocycles. The van der Waals surface area contributed by atoms with E-state index in [0.29, 0.717) is 37.6 Å². The normalized spacial score (nSPS) is 16.0. The third kappa shape index (κ3) is 4.75. The maximum Gasteiger partial charge on any atom is 0.232 e. The minimum atomic E-state index is 0.276. The van der Waals surface area contributed by atoms with Crippen LogP contribution in [0.5, 0.6) is 5.75 Å². The lowest BCUT2D eigenvalue weighted by Crippen LogP contribution is -2.37. The Labute approximate surface area is 188 Å². The average molecular weight is 433 g/mol. The molecule has 2 aliphatic rings. The number of hydrogen-bond donors (Lipinski definition) is 2. The summed E-state index contributed by atoms with van der Waals surface area (Å²) in [7, 11) is 1.67. The second-order valence-electron chi connectivity index (χ2n) is 8.11. The minimum Gasteiger partial charge on any atom is -0.497 e. The molecule has 5 rings (SSSR count). The van der Waals surface area contributed by atoms with Crippen LogP contribution >= 0.6 is 0 Å². The molecule has 1 saturated heterocycles. The quantitative estimate of drug-likeness (QED) is 0.590. The maximum atomic E-state index is 5.50. The minimum absolute atomic E-state index is 0.276. The van der Waals surface area contributed by atoms with Crippen molar-refractivity contribution in [3.8, 4) is 5.75 Å². The molecule has 0 bridgehead atoms. The largest absolute Gasteiger partial charge is 0.497 e. The summed E-state index contributed by atoms with van der Waals surface area (Å²) in [6.07, 6.45) is 1.95. The lowest BCUT2D eigenvalue weighted by Gasteiger charge is -2.27. The second kappa shape index (κ2) is 9.40. The molecule has 0 atom stereocenters. The summed E-state index contributed by atoms with van der Waals surface area (Å²) in [5.74, 6) is 2.67. The average Bonchev–Trinajstić information content (AvgIpc) is 3.25. The van der Waals surface area contributed by atoms with Crippen LogP contribution in [0.3, 0.4) is 0 Å². The van der Waals surface area contributed by atoms with Crippen LogP contribution in [-0.2, 0) is 24.1 Å². The number of nitrogens with one attached hydrogen (secondary N) is 2. The first-order valence-electron chi connectivity index (χ1n) is 11.1. The van der Waals surface area contributed by atoms with E-state index in [1.165, 1.54) is 11.1 Å². The van der Waals surface area contributed by atoms with Gasteiger partial charge in [0.1, 0.15) is 5.75 Å². The molecule has 0 spiro atoms. The molecule has 8 nitrogen and oxygen atoms in total. The first-order valence-corrected chi connectivity index (χ1v) is 11.1.